The Hall–Kier alpha value is -3.34. The molecular formula is C23H22N4O4S2. The number of thioether (sulfide) groups is 1. The third-order valence-electron chi connectivity index (χ3n) is 4.97. The summed E-state index contributed by atoms with van der Waals surface area (Å²) in [7, 11) is -2.27. The molecule has 4 rings (SSSR count). The fraction of sp³-hybridized carbons (Fsp3) is 0.130. The van der Waals surface area contributed by atoms with Gasteiger partial charge in [0, 0.05) is 11.4 Å². The van der Waals surface area contributed by atoms with Crippen LogP contribution in [-0.4, -0.2) is 36.7 Å². The monoisotopic (exact) mass is 482 g/mol. The van der Waals surface area contributed by atoms with Crippen molar-refractivity contribution in [3.63, 3.8) is 0 Å². The third kappa shape index (κ3) is 5.03. The molecule has 0 spiro atoms. The number of primary sulfonamides is 1. The molecule has 0 saturated carbocycles. The number of anilines is 1. The third-order valence-corrected chi connectivity index (χ3v) is 6.96. The standard InChI is InChI=1S/C23H22N4O4S2/c1-15-7-8-16(13-21(15)33(24,29)30)25-22(28)14-32-23-26-19-5-3-4-6-20(19)27(23)17-9-11-18(31-2)12-10-17/h3-13H,14H2,1-2H3,(H,25,28)(H2,24,29,30). The van der Waals surface area contributed by atoms with Crippen LogP contribution >= 0.6 is 11.8 Å². The Morgan fingerprint density at radius 2 is 1.85 bits per heavy atom. The van der Waals surface area contributed by atoms with E-state index < -0.39 is 10.0 Å². The van der Waals surface area contributed by atoms with E-state index in [1.54, 1.807) is 26.2 Å². The average Bonchev–Trinajstić information content (AvgIpc) is 3.17. The first-order valence-corrected chi connectivity index (χ1v) is 12.5. The molecule has 0 fully saturated rings. The molecule has 0 aliphatic carbocycles. The Kier molecular flexibility index (Phi) is 6.41. The van der Waals surface area contributed by atoms with Crippen LogP contribution < -0.4 is 15.2 Å². The van der Waals surface area contributed by atoms with Crippen molar-refractivity contribution in [1.29, 1.82) is 0 Å². The Morgan fingerprint density at radius 3 is 2.55 bits per heavy atom. The second-order valence-corrected chi connectivity index (χ2v) is 9.75. The van der Waals surface area contributed by atoms with Gasteiger partial charge in [0.15, 0.2) is 5.16 Å². The highest BCUT2D eigenvalue weighted by Gasteiger charge is 2.16. The van der Waals surface area contributed by atoms with Crippen molar-refractivity contribution in [2.45, 2.75) is 17.0 Å². The van der Waals surface area contributed by atoms with E-state index >= 15 is 0 Å². The number of hydrogen-bond acceptors (Lipinski definition) is 6. The molecule has 1 aromatic heterocycles. The minimum Gasteiger partial charge on any atom is -0.497 e. The molecule has 8 nitrogen and oxygen atoms in total. The zero-order valence-electron chi connectivity index (χ0n) is 18.0. The van der Waals surface area contributed by atoms with Crippen LogP contribution in [0.15, 0.2) is 76.8 Å². The number of para-hydroxylation sites is 2. The van der Waals surface area contributed by atoms with E-state index in [4.69, 9.17) is 9.88 Å². The van der Waals surface area contributed by atoms with Gasteiger partial charge in [-0.15, -0.1) is 0 Å². The number of imidazole rings is 1. The van der Waals surface area contributed by atoms with Gasteiger partial charge in [0.05, 0.1) is 28.8 Å². The number of nitrogens with one attached hydrogen (secondary N) is 1. The van der Waals surface area contributed by atoms with Crippen molar-refractivity contribution >= 4 is 44.4 Å². The molecule has 1 heterocycles. The number of hydrogen-bond donors (Lipinski definition) is 2. The number of rotatable bonds is 7. The molecule has 1 amide bonds. The lowest BCUT2D eigenvalue weighted by molar-refractivity contribution is -0.113. The molecule has 33 heavy (non-hydrogen) atoms. The molecule has 0 bridgehead atoms. The van der Waals surface area contributed by atoms with Crippen LogP contribution in [0.2, 0.25) is 0 Å². The van der Waals surface area contributed by atoms with Crippen LogP contribution in [0.4, 0.5) is 5.69 Å². The van der Waals surface area contributed by atoms with E-state index in [1.807, 2.05) is 53.1 Å². The van der Waals surface area contributed by atoms with Gasteiger partial charge in [-0.2, -0.15) is 0 Å². The number of amides is 1. The van der Waals surface area contributed by atoms with Crippen LogP contribution in [0.5, 0.6) is 5.75 Å². The minimum absolute atomic E-state index is 0.0192. The number of ether oxygens (including phenoxy) is 1. The molecule has 0 saturated heterocycles. The Morgan fingerprint density at radius 1 is 1.12 bits per heavy atom. The number of sulfonamides is 1. The van der Waals surface area contributed by atoms with Gasteiger partial charge < -0.3 is 10.1 Å². The van der Waals surface area contributed by atoms with E-state index in [9.17, 15) is 13.2 Å². The van der Waals surface area contributed by atoms with Crippen molar-refractivity contribution in [2.75, 3.05) is 18.2 Å². The number of fused-ring (bicyclic) bond motifs is 1. The predicted molar refractivity (Wildman–Crippen MR) is 130 cm³/mol. The van der Waals surface area contributed by atoms with Gasteiger partial charge in [0.1, 0.15) is 5.75 Å². The Bertz CT molecular complexity index is 1430. The lowest BCUT2D eigenvalue weighted by atomic mass is 10.2. The zero-order chi connectivity index (χ0) is 23.6. The fourth-order valence-electron chi connectivity index (χ4n) is 3.39. The maximum Gasteiger partial charge on any atom is 0.238 e. The van der Waals surface area contributed by atoms with Crippen molar-refractivity contribution in [3.05, 3.63) is 72.3 Å². The van der Waals surface area contributed by atoms with Crippen LogP contribution in [0.3, 0.4) is 0 Å². The number of nitrogens with two attached hydrogens (primary N) is 1. The number of aryl methyl sites for hydroxylation is 1. The number of aromatic nitrogens is 2. The Labute approximate surface area is 195 Å². The molecular weight excluding hydrogens is 460 g/mol. The summed E-state index contributed by atoms with van der Waals surface area (Å²) in [4.78, 5) is 17.3. The van der Waals surface area contributed by atoms with Crippen molar-refractivity contribution in [2.24, 2.45) is 5.14 Å². The number of carbonyl (C=O) groups is 1. The van der Waals surface area contributed by atoms with Gasteiger partial charge in [-0.25, -0.2) is 18.5 Å². The molecule has 0 aliphatic heterocycles. The summed E-state index contributed by atoms with van der Waals surface area (Å²) in [5, 5.41) is 8.64. The van der Waals surface area contributed by atoms with E-state index in [-0.39, 0.29) is 16.6 Å². The largest absolute Gasteiger partial charge is 0.497 e. The lowest BCUT2D eigenvalue weighted by Crippen LogP contribution is -2.17. The molecule has 170 valence electrons. The topological polar surface area (TPSA) is 116 Å². The van der Waals surface area contributed by atoms with E-state index in [0.29, 0.717) is 16.4 Å². The predicted octanol–water partition coefficient (Wildman–Crippen LogP) is 3.72. The molecule has 0 atom stereocenters. The number of nitrogens with zero attached hydrogens (tertiary/aromatic N) is 2. The molecule has 3 aromatic carbocycles. The Balaban J connectivity index is 1.57. The highest BCUT2D eigenvalue weighted by Crippen LogP contribution is 2.29. The molecule has 4 aromatic rings. The summed E-state index contributed by atoms with van der Waals surface area (Å²) >= 11 is 1.28. The van der Waals surface area contributed by atoms with Crippen LogP contribution in [0, 0.1) is 6.92 Å². The van der Waals surface area contributed by atoms with Crippen LogP contribution in [0.25, 0.3) is 16.7 Å². The maximum atomic E-state index is 12.6. The number of carbonyl (C=O) groups excluding carboxylic acids is 1. The normalized spacial score (nSPS) is 11.5. The van der Waals surface area contributed by atoms with Gasteiger partial charge in [-0.3, -0.25) is 9.36 Å². The molecule has 3 N–H and O–H groups in total. The summed E-state index contributed by atoms with van der Waals surface area (Å²) in [5.74, 6) is 0.532. The quantitative estimate of drug-likeness (QED) is 0.388. The second kappa shape index (κ2) is 9.26. The van der Waals surface area contributed by atoms with Crippen LogP contribution in [-0.2, 0) is 14.8 Å². The molecule has 10 heteroatoms. The SMILES string of the molecule is COc1ccc(-n2c(SCC(=O)Nc3ccc(C)c(S(N)(=O)=O)c3)nc3ccccc32)cc1. The van der Waals surface area contributed by atoms with E-state index in [1.165, 1.54) is 17.8 Å². The van der Waals surface area contributed by atoms with Crippen molar-refractivity contribution in [3.8, 4) is 11.4 Å². The summed E-state index contributed by atoms with van der Waals surface area (Å²) in [6.45, 7) is 1.64. The summed E-state index contributed by atoms with van der Waals surface area (Å²) in [6.07, 6.45) is 0. The average molecular weight is 483 g/mol. The minimum atomic E-state index is -3.88. The maximum absolute atomic E-state index is 12.6. The van der Waals surface area contributed by atoms with Gasteiger partial charge in [0.2, 0.25) is 15.9 Å². The second-order valence-electron chi connectivity index (χ2n) is 7.28. The van der Waals surface area contributed by atoms with Gasteiger partial charge in [-0.05, 0) is 61.0 Å². The first kappa shape index (κ1) is 22.8. The first-order chi connectivity index (χ1) is 15.8. The summed E-state index contributed by atoms with van der Waals surface area (Å²) in [5.41, 5.74) is 3.50. The molecule has 0 unspecified atom stereocenters. The first-order valence-electron chi connectivity index (χ1n) is 9.94. The van der Waals surface area contributed by atoms with E-state index in [2.05, 4.69) is 10.3 Å². The smallest absolute Gasteiger partial charge is 0.238 e. The highest BCUT2D eigenvalue weighted by atomic mass is 32.2. The number of benzene rings is 3. The van der Waals surface area contributed by atoms with Gasteiger partial charge in [0.25, 0.3) is 0 Å². The van der Waals surface area contributed by atoms with Gasteiger partial charge >= 0.3 is 0 Å². The van der Waals surface area contributed by atoms with Gasteiger partial charge in [-0.1, -0.05) is 30.0 Å². The zero-order valence-corrected chi connectivity index (χ0v) is 19.6. The highest BCUT2D eigenvalue weighted by molar-refractivity contribution is 7.99. The summed E-state index contributed by atoms with van der Waals surface area (Å²) in [6, 6.07) is 19.9. The number of methoxy groups -OCH3 is 1. The van der Waals surface area contributed by atoms with Crippen molar-refractivity contribution in [1.82, 2.24) is 9.55 Å². The summed E-state index contributed by atoms with van der Waals surface area (Å²) < 4.78 is 30.7. The molecule has 0 aliphatic rings. The van der Waals surface area contributed by atoms with Crippen LogP contribution in [0.1, 0.15) is 5.56 Å². The van der Waals surface area contributed by atoms with Crippen molar-refractivity contribution < 1.29 is 17.9 Å². The van der Waals surface area contributed by atoms with E-state index in [0.717, 1.165) is 22.5 Å². The lowest BCUT2D eigenvalue weighted by Gasteiger charge is -2.11. The fourth-order valence-corrected chi connectivity index (χ4v) is 5.03. The molecule has 0 radical (unpaired) electrons.